The molecule has 13 heavy (non-hydrogen) atoms. The molecule has 2 heteroatoms. The number of amides is 1. The fourth-order valence-electron chi connectivity index (χ4n) is 2.01. The Morgan fingerprint density at radius 2 is 1.85 bits per heavy atom. The average molecular weight is 175 g/mol. The Bertz CT molecular complexity index is 308. The van der Waals surface area contributed by atoms with Crippen LogP contribution in [0, 0.1) is 5.92 Å². The number of β-lactam (4-membered cyclic amide) rings is 1. The van der Waals surface area contributed by atoms with Crippen LogP contribution in [0.25, 0.3) is 0 Å². The minimum absolute atomic E-state index is 0.146. The lowest BCUT2D eigenvalue weighted by Crippen LogP contribution is -2.51. The lowest BCUT2D eigenvalue weighted by molar-refractivity contribution is -0.152. The molecule has 0 N–H and O–H groups in total. The highest BCUT2D eigenvalue weighted by Gasteiger charge is 2.42. The number of nitrogens with zero attached hydrogens (tertiary/aromatic N) is 1. The minimum Gasteiger partial charge on any atom is -0.338 e. The van der Waals surface area contributed by atoms with E-state index >= 15 is 0 Å². The van der Waals surface area contributed by atoms with Crippen LogP contribution in [0.4, 0.5) is 0 Å². The van der Waals surface area contributed by atoms with Crippen molar-refractivity contribution in [3.05, 3.63) is 35.9 Å². The first-order valence-electron chi connectivity index (χ1n) is 4.53. The lowest BCUT2D eigenvalue weighted by atomic mass is 9.85. The number of rotatable bonds is 1. The predicted molar refractivity (Wildman–Crippen MR) is 51.1 cm³/mol. The molecular formula is C11H13NO. The smallest absolute Gasteiger partial charge is 0.228 e. The molecule has 1 saturated heterocycles. The van der Waals surface area contributed by atoms with E-state index in [1.807, 2.05) is 32.2 Å². The van der Waals surface area contributed by atoms with E-state index in [1.165, 1.54) is 5.56 Å². The normalized spacial score (nSPS) is 27.2. The Morgan fingerprint density at radius 3 is 2.38 bits per heavy atom. The first-order valence-corrected chi connectivity index (χ1v) is 4.53. The second-order valence-electron chi connectivity index (χ2n) is 3.59. The molecule has 1 aromatic carbocycles. The molecule has 0 bridgehead atoms. The van der Waals surface area contributed by atoms with Crippen molar-refractivity contribution < 1.29 is 4.79 Å². The summed E-state index contributed by atoms with van der Waals surface area (Å²) in [6.45, 7) is 1.99. The number of benzene rings is 1. The van der Waals surface area contributed by atoms with Crippen LogP contribution >= 0.6 is 0 Å². The van der Waals surface area contributed by atoms with Gasteiger partial charge in [0, 0.05) is 7.05 Å². The number of hydrogen-bond acceptors (Lipinski definition) is 1. The highest BCUT2D eigenvalue weighted by Crippen LogP contribution is 2.37. The van der Waals surface area contributed by atoms with Crippen LogP contribution in [-0.2, 0) is 4.79 Å². The zero-order valence-electron chi connectivity index (χ0n) is 7.90. The van der Waals surface area contributed by atoms with Gasteiger partial charge >= 0.3 is 0 Å². The summed E-state index contributed by atoms with van der Waals surface area (Å²) in [4.78, 5) is 13.1. The molecule has 1 aliphatic heterocycles. The molecule has 1 fully saturated rings. The van der Waals surface area contributed by atoms with Gasteiger partial charge in [-0.3, -0.25) is 4.79 Å². The first-order chi connectivity index (χ1) is 6.22. The van der Waals surface area contributed by atoms with E-state index in [4.69, 9.17) is 0 Å². The van der Waals surface area contributed by atoms with Gasteiger partial charge < -0.3 is 4.90 Å². The molecule has 2 atom stereocenters. The van der Waals surface area contributed by atoms with Gasteiger partial charge in [-0.2, -0.15) is 0 Å². The van der Waals surface area contributed by atoms with Gasteiger partial charge in [0.2, 0.25) is 5.91 Å². The Balaban J connectivity index is 2.25. The highest BCUT2D eigenvalue weighted by molar-refractivity contribution is 5.85. The summed E-state index contributed by atoms with van der Waals surface area (Å²) < 4.78 is 0. The standard InChI is InChI=1S/C11H13NO/c1-8-10(12(2)11(8)13)9-6-4-3-5-7-9/h3-8,10H,1-2H3. The zero-order valence-corrected chi connectivity index (χ0v) is 7.90. The molecule has 0 spiro atoms. The third-order valence-corrected chi connectivity index (χ3v) is 2.77. The molecule has 1 aromatic rings. The maximum Gasteiger partial charge on any atom is 0.228 e. The van der Waals surface area contributed by atoms with Crippen molar-refractivity contribution >= 4 is 5.91 Å². The molecule has 1 heterocycles. The van der Waals surface area contributed by atoms with Gasteiger partial charge in [-0.15, -0.1) is 0 Å². The van der Waals surface area contributed by atoms with Gasteiger partial charge in [-0.05, 0) is 5.56 Å². The van der Waals surface area contributed by atoms with Gasteiger partial charge in [0.25, 0.3) is 0 Å². The van der Waals surface area contributed by atoms with Crippen molar-refractivity contribution in [2.24, 2.45) is 5.92 Å². The molecule has 0 radical (unpaired) electrons. The molecule has 68 valence electrons. The molecular weight excluding hydrogens is 162 g/mol. The molecule has 2 unspecified atom stereocenters. The third kappa shape index (κ3) is 1.13. The van der Waals surface area contributed by atoms with E-state index in [-0.39, 0.29) is 17.9 Å². The summed E-state index contributed by atoms with van der Waals surface area (Å²) in [6.07, 6.45) is 0. The predicted octanol–water partition coefficient (Wildman–Crippen LogP) is 1.84. The molecule has 0 aliphatic carbocycles. The lowest BCUT2D eigenvalue weighted by Gasteiger charge is -2.43. The van der Waals surface area contributed by atoms with Crippen LogP contribution in [-0.4, -0.2) is 17.9 Å². The van der Waals surface area contributed by atoms with Crippen LogP contribution in [0.1, 0.15) is 18.5 Å². The largest absolute Gasteiger partial charge is 0.338 e. The molecule has 2 nitrogen and oxygen atoms in total. The van der Waals surface area contributed by atoms with Crippen molar-refractivity contribution in [2.45, 2.75) is 13.0 Å². The van der Waals surface area contributed by atoms with E-state index < -0.39 is 0 Å². The summed E-state index contributed by atoms with van der Waals surface area (Å²) in [5, 5.41) is 0. The molecule has 2 rings (SSSR count). The van der Waals surface area contributed by atoms with E-state index in [2.05, 4.69) is 12.1 Å². The Labute approximate surface area is 78.2 Å². The summed E-state index contributed by atoms with van der Waals surface area (Å²) in [6, 6.07) is 10.5. The molecule has 0 saturated carbocycles. The second-order valence-corrected chi connectivity index (χ2v) is 3.59. The van der Waals surface area contributed by atoms with Gasteiger partial charge in [-0.1, -0.05) is 37.3 Å². The van der Waals surface area contributed by atoms with Crippen molar-refractivity contribution in [1.82, 2.24) is 4.90 Å². The van der Waals surface area contributed by atoms with Crippen molar-refractivity contribution in [1.29, 1.82) is 0 Å². The number of carbonyl (C=O) groups excluding carboxylic acids is 1. The Hall–Kier alpha value is -1.31. The monoisotopic (exact) mass is 175 g/mol. The fraction of sp³-hybridized carbons (Fsp3) is 0.364. The molecule has 1 aliphatic rings. The van der Waals surface area contributed by atoms with Gasteiger partial charge in [0.1, 0.15) is 0 Å². The summed E-state index contributed by atoms with van der Waals surface area (Å²) >= 11 is 0. The van der Waals surface area contributed by atoms with Crippen molar-refractivity contribution in [2.75, 3.05) is 7.05 Å². The highest BCUT2D eigenvalue weighted by atomic mass is 16.2. The second kappa shape index (κ2) is 2.87. The molecule has 0 aromatic heterocycles. The Morgan fingerprint density at radius 1 is 1.23 bits per heavy atom. The van der Waals surface area contributed by atoms with Crippen LogP contribution in [0.5, 0.6) is 0 Å². The van der Waals surface area contributed by atoms with Crippen LogP contribution in [0.3, 0.4) is 0 Å². The first kappa shape index (κ1) is 8.30. The zero-order chi connectivity index (χ0) is 9.42. The van der Waals surface area contributed by atoms with Crippen LogP contribution in [0.2, 0.25) is 0 Å². The quantitative estimate of drug-likeness (QED) is 0.596. The minimum atomic E-state index is 0.146. The van der Waals surface area contributed by atoms with Gasteiger partial charge in [-0.25, -0.2) is 0 Å². The van der Waals surface area contributed by atoms with Crippen molar-refractivity contribution in [3.63, 3.8) is 0 Å². The summed E-state index contributed by atoms with van der Waals surface area (Å²) in [7, 11) is 1.86. The average Bonchev–Trinajstić information content (AvgIpc) is 2.19. The van der Waals surface area contributed by atoms with Gasteiger partial charge in [0.15, 0.2) is 0 Å². The van der Waals surface area contributed by atoms with Crippen LogP contribution < -0.4 is 0 Å². The maximum absolute atomic E-state index is 11.3. The molecule has 1 amide bonds. The van der Waals surface area contributed by atoms with E-state index in [9.17, 15) is 4.79 Å². The Kier molecular flexibility index (Phi) is 1.83. The van der Waals surface area contributed by atoms with E-state index in [1.54, 1.807) is 4.90 Å². The fourth-order valence-corrected chi connectivity index (χ4v) is 2.01. The van der Waals surface area contributed by atoms with E-state index in [0.717, 1.165) is 0 Å². The summed E-state index contributed by atoms with van der Waals surface area (Å²) in [5.74, 6) is 0.390. The number of hydrogen-bond donors (Lipinski definition) is 0. The van der Waals surface area contributed by atoms with E-state index in [0.29, 0.717) is 0 Å². The SMILES string of the molecule is CC1C(=O)N(C)C1c1ccccc1. The van der Waals surface area contributed by atoms with Crippen LogP contribution in [0.15, 0.2) is 30.3 Å². The van der Waals surface area contributed by atoms with Gasteiger partial charge in [0.05, 0.1) is 12.0 Å². The topological polar surface area (TPSA) is 20.3 Å². The third-order valence-electron chi connectivity index (χ3n) is 2.77. The maximum atomic E-state index is 11.3. The number of likely N-dealkylation sites (tertiary alicyclic amines) is 1. The summed E-state index contributed by atoms with van der Waals surface area (Å²) in [5.41, 5.74) is 1.23. The van der Waals surface area contributed by atoms with Crippen molar-refractivity contribution in [3.8, 4) is 0 Å². The number of carbonyl (C=O) groups is 1.